The van der Waals surface area contributed by atoms with Gasteiger partial charge in [-0.3, -0.25) is 0 Å². The molecule has 0 aromatic carbocycles. The van der Waals surface area contributed by atoms with Crippen molar-refractivity contribution in [2.24, 2.45) is 0 Å². The van der Waals surface area contributed by atoms with E-state index in [1.54, 1.807) is 0 Å². The molecule has 0 amide bonds. The second kappa shape index (κ2) is 3.07. The van der Waals surface area contributed by atoms with Crippen molar-refractivity contribution in [1.82, 2.24) is 5.16 Å². The lowest BCUT2D eigenvalue weighted by atomic mass is 10.0. The fourth-order valence-electron chi connectivity index (χ4n) is 1.09. The minimum absolute atomic E-state index is 0.521. The van der Waals surface area contributed by atoms with E-state index in [0.29, 0.717) is 5.92 Å². The molecule has 0 spiro atoms. The van der Waals surface area contributed by atoms with Gasteiger partial charge in [0.15, 0.2) is 0 Å². The van der Waals surface area contributed by atoms with Crippen LogP contribution in [0.4, 0.5) is 0 Å². The highest BCUT2D eigenvalue weighted by Gasteiger charge is 2.12. The van der Waals surface area contributed by atoms with Gasteiger partial charge in [-0.1, -0.05) is 19.0 Å². The Labute approximate surface area is 67.6 Å². The van der Waals surface area contributed by atoms with Crippen LogP contribution in [0.25, 0.3) is 0 Å². The van der Waals surface area contributed by atoms with E-state index < -0.39 is 0 Å². The van der Waals surface area contributed by atoms with Crippen molar-refractivity contribution in [1.29, 1.82) is 0 Å². The minimum Gasteiger partial charge on any atom is -0.361 e. The predicted octanol–water partition coefficient (Wildman–Crippen LogP) is 2.80. The molecule has 2 heteroatoms. The van der Waals surface area contributed by atoms with Gasteiger partial charge in [-0.2, -0.15) is 0 Å². The van der Waals surface area contributed by atoms with Crippen LogP contribution < -0.4 is 0 Å². The molecule has 62 valence electrons. The number of rotatable bonds is 2. The Morgan fingerprint density at radius 3 is 2.45 bits per heavy atom. The molecule has 1 heterocycles. The molecule has 1 atom stereocenters. The van der Waals surface area contributed by atoms with E-state index in [1.807, 2.05) is 6.92 Å². The Hall–Kier alpha value is -0.790. The third-order valence-electron chi connectivity index (χ3n) is 2.27. The molecule has 0 bridgehead atoms. The average Bonchev–Trinajstić information content (AvgIpc) is 2.32. The SMILES string of the molecule is CCC(C)c1noc(C)c1C. The first-order chi connectivity index (χ1) is 5.16. The summed E-state index contributed by atoms with van der Waals surface area (Å²) in [5, 5.41) is 4.01. The maximum atomic E-state index is 5.07. The lowest BCUT2D eigenvalue weighted by Crippen LogP contribution is -1.93. The van der Waals surface area contributed by atoms with E-state index in [1.165, 1.54) is 5.56 Å². The van der Waals surface area contributed by atoms with Crippen LogP contribution in [0.5, 0.6) is 0 Å². The van der Waals surface area contributed by atoms with Gasteiger partial charge >= 0.3 is 0 Å². The fraction of sp³-hybridized carbons (Fsp3) is 0.667. The van der Waals surface area contributed by atoms with Crippen LogP contribution in [0, 0.1) is 13.8 Å². The Morgan fingerprint density at radius 2 is 2.09 bits per heavy atom. The topological polar surface area (TPSA) is 26.0 Å². The van der Waals surface area contributed by atoms with Gasteiger partial charge in [0.25, 0.3) is 0 Å². The maximum absolute atomic E-state index is 5.07. The Morgan fingerprint density at radius 1 is 1.45 bits per heavy atom. The third kappa shape index (κ3) is 1.44. The second-order valence-electron chi connectivity index (χ2n) is 3.06. The molecule has 1 aromatic rings. The quantitative estimate of drug-likeness (QED) is 0.653. The normalized spacial score (nSPS) is 13.5. The van der Waals surface area contributed by atoms with Crippen molar-refractivity contribution in [2.45, 2.75) is 40.0 Å². The first-order valence-electron chi connectivity index (χ1n) is 4.09. The predicted molar refractivity (Wildman–Crippen MR) is 44.7 cm³/mol. The van der Waals surface area contributed by atoms with Gasteiger partial charge < -0.3 is 4.52 Å². The zero-order valence-corrected chi connectivity index (χ0v) is 7.64. The lowest BCUT2D eigenvalue weighted by molar-refractivity contribution is 0.385. The van der Waals surface area contributed by atoms with Gasteiger partial charge in [-0.15, -0.1) is 0 Å². The standard InChI is InChI=1S/C9H15NO/c1-5-6(2)9-7(3)8(4)11-10-9/h6H,5H2,1-4H3. The zero-order valence-electron chi connectivity index (χ0n) is 7.64. The Balaban J connectivity index is 2.94. The first kappa shape index (κ1) is 8.31. The molecule has 11 heavy (non-hydrogen) atoms. The summed E-state index contributed by atoms with van der Waals surface area (Å²) < 4.78 is 5.07. The lowest BCUT2D eigenvalue weighted by Gasteiger charge is -2.03. The summed E-state index contributed by atoms with van der Waals surface area (Å²) in [5.74, 6) is 1.47. The molecule has 0 aliphatic heterocycles. The molecular formula is C9H15NO. The summed E-state index contributed by atoms with van der Waals surface area (Å²) in [5.41, 5.74) is 2.32. The van der Waals surface area contributed by atoms with E-state index in [4.69, 9.17) is 4.52 Å². The van der Waals surface area contributed by atoms with Crippen molar-refractivity contribution < 1.29 is 4.52 Å². The summed E-state index contributed by atoms with van der Waals surface area (Å²) in [6.07, 6.45) is 1.12. The molecule has 0 radical (unpaired) electrons. The van der Waals surface area contributed by atoms with E-state index in [-0.39, 0.29) is 0 Å². The van der Waals surface area contributed by atoms with Gasteiger partial charge in [0, 0.05) is 11.5 Å². The highest BCUT2D eigenvalue weighted by atomic mass is 16.5. The van der Waals surface area contributed by atoms with Crippen molar-refractivity contribution in [2.75, 3.05) is 0 Å². The van der Waals surface area contributed by atoms with Gasteiger partial charge in [-0.05, 0) is 20.3 Å². The molecule has 0 fully saturated rings. The van der Waals surface area contributed by atoms with E-state index in [2.05, 4.69) is 25.9 Å². The van der Waals surface area contributed by atoms with Crippen LogP contribution in [0.15, 0.2) is 4.52 Å². The van der Waals surface area contributed by atoms with Crippen LogP contribution in [-0.4, -0.2) is 5.16 Å². The summed E-state index contributed by atoms with van der Waals surface area (Å²) in [6, 6.07) is 0. The number of hydrogen-bond acceptors (Lipinski definition) is 2. The third-order valence-corrected chi connectivity index (χ3v) is 2.27. The van der Waals surface area contributed by atoms with E-state index in [0.717, 1.165) is 17.9 Å². The summed E-state index contributed by atoms with van der Waals surface area (Å²) in [6.45, 7) is 8.35. The molecule has 1 unspecified atom stereocenters. The molecule has 0 aliphatic rings. The number of hydrogen-bond donors (Lipinski definition) is 0. The van der Waals surface area contributed by atoms with Crippen LogP contribution in [0.1, 0.15) is 43.2 Å². The Bertz CT molecular complexity index is 240. The molecule has 0 aliphatic carbocycles. The molecule has 1 aromatic heterocycles. The van der Waals surface area contributed by atoms with Gasteiger partial charge in [-0.25, -0.2) is 0 Å². The van der Waals surface area contributed by atoms with Gasteiger partial charge in [0.1, 0.15) is 5.76 Å². The van der Waals surface area contributed by atoms with E-state index in [9.17, 15) is 0 Å². The molecule has 0 saturated heterocycles. The summed E-state index contributed by atoms with van der Waals surface area (Å²) in [7, 11) is 0. The van der Waals surface area contributed by atoms with Crippen molar-refractivity contribution in [3.8, 4) is 0 Å². The fourth-order valence-corrected chi connectivity index (χ4v) is 1.09. The smallest absolute Gasteiger partial charge is 0.136 e. The average molecular weight is 153 g/mol. The monoisotopic (exact) mass is 153 g/mol. The van der Waals surface area contributed by atoms with Crippen molar-refractivity contribution >= 4 is 0 Å². The van der Waals surface area contributed by atoms with Crippen molar-refractivity contribution in [3.05, 3.63) is 17.0 Å². The number of nitrogens with zero attached hydrogens (tertiary/aromatic N) is 1. The zero-order chi connectivity index (χ0) is 8.43. The van der Waals surface area contributed by atoms with Gasteiger partial charge in [0.05, 0.1) is 5.69 Å². The van der Waals surface area contributed by atoms with Crippen LogP contribution in [0.3, 0.4) is 0 Å². The number of aromatic nitrogens is 1. The largest absolute Gasteiger partial charge is 0.361 e. The van der Waals surface area contributed by atoms with Crippen LogP contribution in [-0.2, 0) is 0 Å². The molecular weight excluding hydrogens is 138 g/mol. The van der Waals surface area contributed by atoms with Crippen molar-refractivity contribution in [3.63, 3.8) is 0 Å². The maximum Gasteiger partial charge on any atom is 0.136 e. The molecule has 1 rings (SSSR count). The second-order valence-corrected chi connectivity index (χ2v) is 3.06. The summed E-state index contributed by atoms with van der Waals surface area (Å²) >= 11 is 0. The summed E-state index contributed by atoms with van der Waals surface area (Å²) in [4.78, 5) is 0. The molecule has 0 N–H and O–H groups in total. The van der Waals surface area contributed by atoms with Crippen LogP contribution >= 0.6 is 0 Å². The first-order valence-corrected chi connectivity index (χ1v) is 4.09. The molecule has 2 nitrogen and oxygen atoms in total. The highest BCUT2D eigenvalue weighted by molar-refractivity contribution is 5.22. The minimum atomic E-state index is 0.521. The van der Waals surface area contributed by atoms with Gasteiger partial charge in [0.2, 0.25) is 0 Å². The van der Waals surface area contributed by atoms with E-state index >= 15 is 0 Å². The molecule has 0 saturated carbocycles. The Kier molecular flexibility index (Phi) is 2.32. The number of aryl methyl sites for hydroxylation is 1. The van der Waals surface area contributed by atoms with Crippen LogP contribution in [0.2, 0.25) is 0 Å². The highest BCUT2D eigenvalue weighted by Crippen LogP contribution is 2.22.